The van der Waals surface area contributed by atoms with E-state index in [4.69, 9.17) is 0 Å². The van der Waals surface area contributed by atoms with E-state index in [1.807, 2.05) is 32.0 Å². The number of rotatable bonds is 5. The first-order valence-electron chi connectivity index (χ1n) is 8.80. The van der Waals surface area contributed by atoms with Gasteiger partial charge in [0.25, 0.3) is 5.91 Å². The molecule has 0 saturated carbocycles. The highest BCUT2D eigenvalue weighted by Crippen LogP contribution is 2.18. The maximum Gasteiger partial charge on any atom is 0.255 e. The molecule has 0 atom stereocenters. The van der Waals surface area contributed by atoms with Crippen LogP contribution < -0.4 is 5.32 Å². The third-order valence-corrected chi connectivity index (χ3v) is 6.35. The molecule has 1 aliphatic heterocycles. The van der Waals surface area contributed by atoms with Gasteiger partial charge >= 0.3 is 0 Å². The van der Waals surface area contributed by atoms with Crippen molar-refractivity contribution >= 4 is 21.6 Å². The fourth-order valence-electron chi connectivity index (χ4n) is 3.27. The van der Waals surface area contributed by atoms with E-state index < -0.39 is 10.0 Å². The largest absolute Gasteiger partial charge is 0.322 e. The van der Waals surface area contributed by atoms with Crippen molar-refractivity contribution in [3.63, 3.8) is 0 Å². The minimum absolute atomic E-state index is 0.0219. The lowest BCUT2D eigenvalue weighted by Crippen LogP contribution is -2.29. The molecule has 0 unspecified atom stereocenters. The van der Waals surface area contributed by atoms with Crippen LogP contribution in [0.1, 0.15) is 39.9 Å². The first-order chi connectivity index (χ1) is 12.3. The summed E-state index contributed by atoms with van der Waals surface area (Å²) in [4.78, 5) is 12.4. The van der Waals surface area contributed by atoms with Crippen LogP contribution in [-0.4, -0.2) is 31.7 Å². The van der Waals surface area contributed by atoms with Crippen molar-refractivity contribution in [1.82, 2.24) is 4.31 Å². The number of amides is 1. The lowest BCUT2D eigenvalue weighted by atomic mass is 10.1. The predicted molar refractivity (Wildman–Crippen MR) is 104 cm³/mol. The zero-order valence-electron chi connectivity index (χ0n) is 15.2. The molecule has 6 heteroatoms. The summed E-state index contributed by atoms with van der Waals surface area (Å²) in [5, 5.41) is 2.89. The molecule has 1 fully saturated rings. The highest BCUT2D eigenvalue weighted by atomic mass is 32.2. The average Bonchev–Trinajstić information content (AvgIpc) is 3.09. The van der Waals surface area contributed by atoms with Crippen molar-refractivity contribution < 1.29 is 13.2 Å². The minimum atomic E-state index is -3.27. The number of carbonyl (C=O) groups excluding carboxylic acids is 1. The number of nitrogens with zero attached hydrogens (tertiary/aromatic N) is 1. The molecule has 1 amide bonds. The molecule has 0 aliphatic carbocycles. The number of anilines is 1. The molecular formula is C20H24N2O3S. The van der Waals surface area contributed by atoms with Crippen molar-refractivity contribution in [3.05, 3.63) is 64.7 Å². The molecule has 1 aliphatic rings. The molecule has 0 radical (unpaired) electrons. The first-order valence-corrected chi connectivity index (χ1v) is 10.4. The van der Waals surface area contributed by atoms with E-state index in [9.17, 15) is 13.2 Å². The second kappa shape index (κ2) is 7.60. The summed E-state index contributed by atoms with van der Waals surface area (Å²) in [5.41, 5.74) is 4.13. The Bertz CT molecular complexity index is 879. The quantitative estimate of drug-likeness (QED) is 0.874. The molecule has 26 heavy (non-hydrogen) atoms. The van der Waals surface area contributed by atoms with Gasteiger partial charge < -0.3 is 5.32 Å². The van der Waals surface area contributed by atoms with Gasteiger partial charge in [-0.05, 0) is 67.6 Å². The standard InChI is InChI=1S/C20H24N2O3S/c1-15-11-16(2)13-19(12-15)21-20(23)18-7-5-17(6-8-18)14-26(24,25)22-9-3-4-10-22/h5-8,11-13H,3-4,9-10,14H2,1-2H3,(H,21,23). The monoisotopic (exact) mass is 372 g/mol. The molecule has 5 nitrogen and oxygen atoms in total. The van der Waals surface area contributed by atoms with Crippen molar-refractivity contribution in [1.29, 1.82) is 0 Å². The van der Waals surface area contributed by atoms with E-state index in [1.54, 1.807) is 28.6 Å². The van der Waals surface area contributed by atoms with Crippen LogP contribution in [0.25, 0.3) is 0 Å². The van der Waals surface area contributed by atoms with Gasteiger partial charge in [-0.1, -0.05) is 18.2 Å². The zero-order valence-corrected chi connectivity index (χ0v) is 16.0. The van der Waals surface area contributed by atoms with Gasteiger partial charge in [-0.15, -0.1) is 0 Å². The Morgan fingerprint density at radius 2 is 1.58 bits per heavy atom. The Hall–Kier alpha value is -2.18. The Morgan fingerprint density at radius 1 is 1.00 bits per heavy atom. The molecule has 0 bridgehead atoms. The lowest BCUT2D eigenvalue weighted by molar-refractivity contribution is 0.102. The van der Waals surface area contributed by atoms with Crippen LogP contribution in [-0.2, 0) is 15.8 Å². The second-order valence-electron chi connectivity index (χ2n) is 6.89. The molecule has 0 aromatic heterocycles. The maximum absolute atomic E-state index is 12.4. The highest BCUT2D eigenvalue weighted by molar-refractivity contribution is 7.88. The van der Waals surface area contributed by atoms with Gasteiger partial charge in [-0.2, -0.15) is 0 Å². The fourth-order valence-corrected chi connectivity index (χ4v) is 4.88. The third-order valence-electron chi connectivity index (χ3n) is 4.50. The molecule has 1 heterocycles. The molecule has 2 aromatic carbocycles. The smallest absolute Gasteiger partial charge is 0.255 e. The van der Waals surface area contributed by atoms with Crippen LogP contribution in [0.5, 0.6) is 0 Å². The molecule has 2 aromatic rings. The molecule has 3 rings (SSSR count). The van der Waals surface area contributed by atoms with E-state index in [-0.39, 0.29) is 11.7 Å². The van der Waals surface area contributed by atoms with Gasteiger partial charge in [0.05, 0.1) is 5.75 Å². The molecule has 1 N–H and O–H groups in total. The number of aryl methyl sites for hydroxylation is 2. The Kier molecular flexibility index (Phi) is 5.44. The molecule has 1 saturated heterocycles. The van der Waals surface area contributed by atoms with Crippen molar-refractivity contribution in [2.45, 2.75) is 32.4 Å². The highest BCUT2D eigenvalue weighted by Gasteiger charge is 2.25. The van der Waals surface area contributed by atoms with Crippen LogP contribution >= 0.6 is 0 Å². The summed E-state index contributed by atoms with van der Waals surface area (Å²) < 4.78 is 26.3. The van der Waals surface area contributed by atoms with Gasteiger partial charge in [0, 0.05) is 24.3 Å². The van der Waals surface area contributed by atoms with Crippen LogP contribution in [0.3, 0.4) is 0 Å². The summed E-state index contributed by atoms with van der Waals surface area (Å²) in [5.74, 6) is -0.227. The Balaban J connectivity index is 1.67. The minimum Gasteiger partial charge on any atom is -0.322 e. The van der Waals surface area contributed by atoms with Gasteiger partial charge in [0.15, 0.2) is 0 Å². The number of hydrogen-bond donors (Lipinski definition) is 1. The fraction of sp³-hybridized carbons (Fsp3) is 0.350. The second-order valence-corrected chi connectivity index (χ2v) is 8.86. The van der Waals surface area contributed by atoms with E-state index >= 15 is 0 Å². The van der Waals surface area contributed by atoms with Gasteiger partial charge in [0.1, 0.15) is 0 Å². The SMILES string of the molecule is Cc1cc(C)cc(NC(=O)c2ccc(CS(=O)(=O)N3CCCC3)cc2)c1. The number of hydrogen-bond acceptors (Lipinski definition) is 3. The zero-order chi connectivity index (χ0) is 18.7. The molecule has 0 spiro atoms. The summed E-state index contributed by atoms with van der Waals surface area (Å²) >= 11 is 0. The maximum atomic E-state index is 12.4. The summed E-state index contributed by atoms with van der Waals surface area (Å²) in [6.07, 6.45) is 1.85. The average molecular weight is 372 g/mol. The van der Waals surface area contributed by atoms with Crippen molar-refractivity contribution in [3.8, 4) is 0 Å². The van der Waals surface area contributed by atoms with Crippen LogP contribution in [0.15, 0.2) is 42.5 Å². The van der Waals surface area contributed by atoms with E-state index in [2.05, 4.69) is 5.32 Å². The van der Waals surface area contributed by atoms with Crippen LogP contribution in [0.4, 0.5) is 5.69 Å². The summed E-state index contributed by atoms with van der Waals surface area (Å²) in [6, 6.07) is 12.7. The topological polar surface area (TPSA) is 66.5 Å². The van der Waals surface area contributed by atoms with Gasteiger partial charge in [-0.25, -0.2) is 12.7 Å². The number of sulfonamides is 1. The van der Waals surface area contributed by atoms with E-state index in [0.717, 1.165) is 29.7 Å². The van der Waals surface area contributed by atoms with Crippen LogP contribution in [0.2, 0.25) is 0 Å². The number of carbonyl (C=O) groups is 1. The predicted octanol–water partition coefficient (Wildman–Crippen LogP) is 3.48. The Labute approximate surface area is 155 Å². The third kappa shape index (κ3) is 4.51. The summed E-state index contributed by atoms with van der Waals surface area (Å²) in [7, 11) is -3.27. The van der Waals surface area contributed by atoms with Crippen molar-refractivity contribution in [2.24, 2.45) is 0 Å². The molecular weight excluding hydrogens is 348 g/mol. The van der Waals surface area contributed by atoms with Crippen LogP contribution in [0, 0.1) is 13.8 Å². The van der Waals surface area contributed by atoms with Crippen molar-refractivity contribution in [2.75, 3.05) is 18.4 Å². The lowest BCUT2D eigenvalue weighted by Gasteiger charge is -2.15. The Morgan fingerprint density at radius 3 is 2.15 bits per heavy atom. The van der Waals surface area contributed by atoms with Gasteiger partial charge in [-0.3, -0.25) is 4.79 Å². The normalized spacial score (nSPS) is 15.2. The van der Waals surface area contributed by atoms with E-state index in [0.29, 0.717) is 24.2 Å². The van der Waals surface area contributed by atoms with Gasteiger partial charge in [0.2, 0.25) is 10.0 Å². The van der Waals surface area contributed by atoms with E-state index in [1.165, 1.54) is 0 Å². The number of benzene rings is 2. The number of nitrogens with one attached hydrogen (secondary N) is 1. The summed E-state index contributed by atoms with van der Waals surface area (Å²) in [6.45, 7) is 5.19. The first kappa shape index (κ1) is 18.6. The molecule has 138 valence electrons.